The van der Waals surface area contributed by atoms with Crippen LogP contribution in [0.15, 0.2) is 29.4 Å². The Morgan fingerprint density at radius 3 is 2.80 bits per heavy atom. The van der Waals surface area contributed by atoms with Crippen LogP contribution >= 0.6 is 12.2 Å². The lowest BCUT2D eigenvalue weighted by atomic mass is 10.0. The van der Waals surface area contributed by atoms with E-state index in [9.17, 15) is 0 Å². The summed E-state index contributed by atoms with van der Waals surface area (Å²) < 4.78 is 0. The summed E-state index contributed by atoms with van der Waals surface area (Å²) in [7, 11) is 0. The van der Waals surface area contributed by atoms with Gasteiger partial charge in [0.15, 0.2) is 5.11 Å². The Balaban J connectivity index is 2.30. The van der Waals surface area contributed by atoms with Crippen molar-refractivity contribution in [3.05, 3.63) is 35.4 Å². The number of nitrogens with two attached hydrogens (primary N) is 1. The summed E-state index contributed by atoms with van der Waals surface area (Å²) in [5.74, 6) is 0. The van der Waals surface area contributed by atoms with Gasteiger partial charge < -0.3 is 5.73 Å². The maximum atomic E-state index is 5.53. The van der Waals surface area contributed by atoms with E-state index in [1.54, 1.807) is 5.01 Å². The van der Waals surface area contributed by atoms with Crippen molar-refractivity contribution in [3.63, 3.8) is 0 Å². The third-order valence-electron chi connectivity index (χ3n) is 2.51. The zero-order valence-electron chi connectivity index (χ0n) is 8.60. The maximum Gasteiger partial charge on any atom is 0.186 e. The van der Waals surface area contributed by atoms with Crippen molar-refractivity contribution in [3.8, 4) is 0 Å². The Hall–Kier alpha value is -1.42. The molecule has 0 unspecified atom stereocenters. The molecule has 0 aromatic heterocycles. The lowest BCUT2D eigenvalue weighted by molar-refractivity contribution is 0.495. The SMILES string of the molecule is Cc1ccccc1C1=NN(C(N)=S)CC1. The van der Waals surface area contributed by atoms with E-state index in [-0.39, 0.29) is 0 Å². The topological polar surface area (TPSA) is 41.6 Å². The smallest absolute Gasteiger partial charge is 0.186 e. The Morgan fingerprint density at radius 1 is 1.47 bits per heavy atom. The van der Waals surface area contributed by atoms with Crippen molar-refractivity contribution >= 4 is 23.0 Å². The van der Waals surface area contributed by atoms with Gasteiger partial charge in [0.2, 0.25) is 0 Å². The summed E-state index contributed by atoms with van der Waals surface area (Å²) in [6.45, 7) is 2.88. The fourth-order valence-electron chi connectivity index (χ4n) is 1.70. The van der Waals surface area contributed by atoms with E-state index < -0.39 is 0 Å². The van der Waals surface area contributed by atoms with Crippen LogP contribution in [0.1, 0.15) is 17.5 Å². The first-order valence-corrected chi connectivity index (χ1v) is 5.30. The highest BCUT2D eigenvalue weighted by atomic mass is 32.1. The van der Waals surface area contributed by atoms with Gasteiger partial charge in [-0.15, -0.1) is 0 Å². The summed E-state index contributed by atoms with van der Waals surface area (Å²) in [6, 6.07) is 8.21. The molecule has 0 atom stereocenters. The first kappa shape index (κ1) is 10.1. The van der Waals surface area contributed by atoms with Crippen molar-refractivity contribution in [2.75, 3.05) is 6.54 Å². The number of hydrogen-bond donors (Lipinski definition) is 1. The van der Waals surface area contributed by atoms with Crippen LogP contribution in [0.2, 0.25) is 0 Å². The molecule has 1 heterocycles. The molecule has 0 amide bonds. The molecule has 78 valence electrons. The molecule has 1 aromatic carbocycles. The van der Waals surface area contributed by atoms with Gasteiger partial charge in [-0.25, -0.2) is 5.01 Å². The number of thiocarbonyl (C=S) groups is 1. The van der Waals surface area contributed by atoms with Crippen LogP contribution in [0, 0.1) is 6.92 Å². The first-order valence-electron chi connectivity index (χ1n) is 4.89. The molecule has 0 saturated heterocycles. The summed E-state index contributed by atoms with van der Waals surface area (Å²) in [5, 5.41) is 6.43. The minimum Gasteiger partial charge on any atom is -0.375 e. The largest absolute Gasteiger partial charge is 0.375 e. The zero-order valence-corrected chi connectivity index (χ0v) is 9.42. The van der Waals surface area contributed by atoms with Gasteiger partial charge in [-0.2, -0.15) is 5.10 Å². The van der Waals surface area contributed by atoms with Crippen LogP contribution in [0.4, 0.5) is 0 Å². The first-order chi connectivity index (χ1) is 7.18. The summed E-state index contributed by atoms with van der Waals surface area (Å²) >= 11 is 4.89. The molecule has 1 aliphatic rings. The molecule has 2 N–H and O–H groups in total. The zero-order chi connectivity index (χ0) is 10.8. The normalized spacial score (nSPS) is 15.3. The lowest BCUT2D eigenvalue weighted by Gasteiger charge is -2.08. The fourth-order valence-corrected chi connectivity index (χ4v) is 1.83. The van der Waals surface area contributed by atoms with Gasteiger partial charge in [-0.3, -0.25) is 0 Å². The number of nitrogens with zero attached hydrogens (tertiary/aromatic N) is 2. The Morgan fingerprint density at radius 2 is 2.20 bits per heavy atom. The van der Waals surface area contributed by atoms with E-state index in [1.807, 2.05) is 12.1 Å². The van der Waals surface area contributed by atoms with Crippen LogP contribution in [0.5, 0.6) is 0 Å². The molecule has 15 heavy (non-hydrogen) atoms. The molecule has 0 radical (unpaired) electrons. The van der Waals surface area contributed by atoms with Crippen LogP contribution in [0.3, 0.4) is 0 Å². The second-order valence-corrected chi connectivity index (χ2v) is 3.99. The van der Waals surface area contributed by atoms with Gasteiger partial charge in [0.05, 0.1) is 5.71 Å². The lowest BCUT2D eigenvalue weighted by Crippen LogP contribution is -2.28. The number of aryl methyl sites for hydroxylation is 1. The number of rotatable bonds is 1. The van der Waals surface area contributed by atoms with Crippen LogP contribution in [-0.4, -0.2) is 22.4 Å². The number of benzene rings is 1. The van der Waals surface area contributed by atoms with Crippen molar-refractivity contribution in [2.24, 2.45) is 10.8 Å². The number of hydrazone groups is 1. The van der Waals surface area contributed by atoms with E-state index in [4.69, 9.17) is 18.0 Å². The molecule has 1 aromatic rings. The highest BCUT2D eigenvalue weighted by Gasteiger charge is 2.18. The highest BCUT2D eigenvalue weighted by molar-refractivity contribution is 7.80. The van der Waals surface area contributed by atoms with Gasteiger partial charge in [0.25, 0.3) is 0 Å². The van der Waals surface area contributed by atoms with E-state index in [0.717, 1.165) is 18.7 Å². The predicted octanol–water partition coefficient (Wildman–Crippen LogP) is 1.65. The molecule has 0 saturated carbocycles. The van der Waals surface area contributed by atoms with Gasteiger partial charge in [0, 0.05) is 18.5 Å². The standard InChI is InChI=1S/C11H13N3S/c1-8-4-2-3-5-9(8)10-6-7-14(13-10)11(12)15/h2-5H,6-7H2,1H3,(H2,12,15). The predicted molar refractivity (Wildman–Crippen MR) is 65.8 cm³/mol. The van der Waals surface area contributed by atoms with Crippen molar-refractivity contribution in [1.29, 1.82) is 0 Å². The average molecular weight is 219 g/mol. The molecule has 3 nitrogen and oxygen atoms in total. The van der Waals surface area contributed by atoms with Crippen molar-refractivity contribution in [2.45, 2.75) is 13.3 Å². The van der Waals surface area contributed by atoms with Crippen molar-refractivity contribution in [1.82, 2.24) is 5.01 Å². The molecule has 0 fully saturated rings. The van der Waals surface area contributed by atoms with E-state index >= 15 is 0 Å². The summed E-state index contributed by atoms with van der Waals surface area (Å²) in [6.07, 6.45) is 0.905. The monoisotopic (exact) mass is 219 g/mol. The van der Waals surface area contributed by atoms with Crippen molar-refractivity contribution < 1.29 is 0 Å². The molecular weight excluding hydrogens is 206 g/mol. The summed E-state index contributed by atoms with van der Waals surface area (Å²) in [4.78, 5) is 0. The quantitative estimate of drug-likeness (QED) is 0.730. The Labute approximate surface area is 94.6 Å². The molecule has 0 aliphatic carbocycles. The number of hydrogen-bond acceptors (Lipinski definition) is 2. The molecular formula is C11H13N3S. The van der Waals surface area contributed by atoms with Gasteiger partial charge in [0.1, 0.15) is 0 Å². The van der Waals surface area contributed by atoms with Crippen LogP contribution in [-0.2, 0) is 0 Å². The third-order valence-corrected chi connectivity index (χ3v) is 2.72. The van der Waals surface area contributed by atoms with E-state index in [2.05, 4.69) is 24.2 Å². The molecule has 1 aliphatic heterocycles. The molecule has 0 bridgehead atoms. The van der Waals surface area contributed by atoms with E-state index in [1.165, 1.54) is 11.1 Å². The van der Waals surface area contributed by atoms with Gasteiger partial charge >= 0.3 is 0 Å². The second kappa shape index (κ2) is 3.98. The molecule has 0 spiro atoms. The molecule has 2 rings (SSSR count). The maximum absolute atomic E-state index is 5.53. The Bertz CT molecular complexity index is 426. The Kier molecular flexibility index (Phi) is 2.68. The molecule has 4 heteroatoms. The van der Waals surface area contributed by atoms with Crippen LogP contribution < -0.4 is 5.73 Å². The third kappa shape index (κ3) is 1.99. The average Bonchev–Trinajstić information content (AvgIpc) is 2.67. The van der Waals surface area contributed by atoms with E-state index in [0.29, 0.717) is 5.11 Å². The second-order valence-electron chi connectivity index (χ2n) is 3.57. The van der Waals surface area contributed by atoms with Gasteiger partial charge in [-0.05, 0) is 24.7 Å². The van der Waals surface area contributed by atoms with Gasteiger partial charge in [-0.1, -0.05) is 24.3 Å². The minimum absolute atomic E-state index is 0.346. The summed E-state index contributed by atoms with van der Waals surface area (Å²) in [5.41, 5.74) is 9.02. The minimum atomic E-state index is 0.346. The fraction of sp³-hybridized carbons (Fsp3) is 0.273. The highest BCUT2D eigenvalue weighted by Crippen LogP contribution is 2.16. The van der Waals surface area contributed by atoms with Crippen LogP contribution in [0.25, 0.3) is 0 Å².